The van der Waals surface area contributed by atoms with Crippen LogP contribution in [0.5, 0.6) is 0 Å². The minimum Gasteiger partial charge on any atom is -0.315 e. The molecule has 0 heterocycles. The number of nitrogens with two attached hydrogens (primary N) is 1. The van der Waals surface area contributed by atoms with E-state index < -0.39 is 19.9 Å². The van der Waals surface area contributed by atoms with Crippen LogP contribution in [0, 0.1) is 0 Å². The van der Waals surface area contributed by atoms with Crippen molar-refractivity contribution in [2.45, 2.75) is 23.9 Å². The summed E-state index contributed by atoms with van der Waals surface area (Å²) in [5, 5.41) is -0.870. The van der Waals surface area contributed by atoms with Crippen molar-refractivity contribution < 1.29 is 8.42 Å². The maximum absolute atomic E-state index is 10.8. The predicted molar refractivity (Wildman–Crippen MR) is 37.9 cm³/mol. The molecule has 0 aromatic rings. The van der Waals surface area contributed by atoms with E-state index in [9.17, 15) is 8.42 Å². The van der Waals surface area contributed by atoms with Crippen LogP contribution in [0.15, 0.2) is 0 Å². The normalized spacial score (nSPS) is 19.1. The van der Waals surface area contributed by atoms with Gasteiger partial charge in [0.05, 0.1) is 0 Å². The Morgan fingerprint density at radius 3 is 1.78 bits per heavy atom. The van der Waals surface area contributed by atoms with Gasteiger partial charge in [0.25, 0.3) is 0 Å². The Morgan fingerprint density at radius 2 is 1.78 bits per heavy atom. The van der Waals surface area contributed by atoms with Gasteiger partial charge in [-0.15, -0.1) is 11.6 Å². The Morgan fingerprint density at radius 1 is 1.44 bits per heavy atom. The third-order valence-corrected chi connectivity index (χ3v) is 3.66. The van der Waals surface area contributed by atoms with E-state index in [0.717, 1.165) is 0 Å². The molecule has 0 bridgehead atoms. The van der Waals surface area contributed by atoms with Gasteiger partial charge in [-0.25, -0.2) is 8.42 Å². The van der Waals surface area contributed by atoms with Crippen LogP contribution in [-0.4, -0.2) is 18.5 Å². The first-order valence-corrected chi connectivity index (χ1v) is 4.56. The first kappa shape index (κ1) is 9.20. The summed E-state index contributed by atoms with van der Waals surface area (Å²) in [6.45, 7) is 2.79. The van der Waals surface area contributed by atoms with Crippen molar-refractivity contribution in [3.63, 3.8) is 0 Å². The van der Waals surface area contributed by atoms with E-state index >= 15 is 0 Å². The van der Waals surface area contributed by atoms with Gasteiger partial charge < -0.3 is 5.73 Å². The van der Waals surface area contributed by atoms with Gasteiger partial charge in [-0.05, 0) is 13.8 Å². The van der Waals surface area contributed by atoms with Crippen LogP contribution in [0.1, 0.15) is 13.8 Å². The first-order chi connectivity index (χ1) is 3.89. The van der Waals surface area contributed by atoms with E-state index in [0.29, 0.717) is 0 Å². The largest absolute Gasteiger partial charge is 0.315 e. The average molecular weight is 172 g/mol. The van der Waals surface area contributed by atoms with Crippen LogP contribution in [0.25, 0.3) is 0 Å². The Kier molecular flexibility index (Phi) is 2.92. The van der Waals surface area contributed by atoms with Crippen LogP contribution in [0.2, 0.25) is 0 Å². The summed E-state index contributed by atoms with van der Waals surface area (Å²) in [7, 11) is -3.27. The van der Waals surface area contributed by atoms with Crippen LogP contribution in [0.4, 0.5) is 0 Å². The number of hydrogen-bond acceptors (Lipinski definition) is 3. The van der Waals surface area contributed by atoms with E-state index in [1.807, 2.05) is 0 Å². The zero-order valence-electron chi connectivity index (χ0n) is 5.33. The predicted octanol–water partition coefficient (Wildman–Crippen LogP) is 0.291. The second kappa shape index (κ2) is 2.86. The monoisotopic (exact) mass is 171 g/mol. The molecule has 2 unspecified atom stereocenters. The highest BCUT2D eigenvalue weighted by atomic mass is 35.5. The minimum absolute atomic E-state index is 0.870. The van der Waals surface area contributed by atoms with Crippen molar-refractivity contribution in [2.75, 3.05) is 0 Å². The molecule has 0 rings (SSSR count). The van der Waals surface area contributed by atoms with Crippen LogP contribution >= 0.6 is 11.6 Å². The lowest BCUT2D eigenvalue weighted by Gasteiger charge is -2.07. The molecule has 0 aliphatic heterocycles. The standard InChI is InChI=1S/C4H10ClNO2S/c1-3(5)9(7,8)4(2)6/h3-4H,6H2,1-2H3. The van der Waals surface area contributed by atoms with Crippen LogP contribution in [-0.2, 0) is 9.84 Å². The molecular formula is C4H10ClNO2S. The molecule has 0 saturated carbocycles. The number of hydrogen-bond donors (Lipinski definition) is 1. The van der Waals surface area contributed by atoms with Crippen LogP contribution in [0.3, 0.4) is 0 Å². The quantitative estimate of drug-likeness (QED) is 0.608. The molecule has 0 aliphatic rings. The lowest BCUT2D eigenvalue weighted by Crippen LogP contribution is -2.31. The Bertz CT molecular complexity index is 159. The molecule has 2 N–H and O–H groups in total. The summed E-state index contributed by atoms with van der Waals surface area (Å²) in [4.78, 5) is 0. The topological polar surface area (TPSA) is 60.2 Å². The van der Waals surface area contributed by atoms with Gasteiger partial charge in [0.1, 0.15) is 10.1 Å². The van der Waals surface area contributed by atoms with Gasteiger partial charge in [-0.1, -0.05) is 0 Å². The zero-order chi connectivity index (χ0) is 7.65. The lowest BCUT2D eigenvalue weighted by atomic mass is 10.8. The summed E-state index contributed by atoms with van der Waals surface area (Å²) in [5.41, 5.74) is 5.10. The first-order valence-electron chi connectivity index (χ1n) is 2.51. The fourth-order valence-electron chi connectivity index (χ4n) is 0.296. The van der Waals surface area contributed by atoms with Crippen molar-refractivity contribution >= 4 is 21.4 Å². The molecule has 5 heteroatoms. The van der Waals surface area contributed by atoms with Gasteiger partial charge in [-0.2, -0.15) is 0 Å². The second-order valence-corrected chi connectivity index (χ2v) is 5.38. The van der Waals surface area contributed by atoms with Crippen LogP contribution < -0.4 is 5.73 Å². The highest BCUT2D eigenvalue weighted by Gasteiger charge is 2.22. The van der Waals surface area contributed by atoms with Crippen molar-refractivity contribution in [1.29, 1.82) is 0 Å². The maximum atomic E-state index is 10.8. The maximum Gasteiger partial charge on any atom is 0.182 e. The van der Waals surface area contributed by atoms with Gasteiger partial charge >= 0.3 is 0 Å². The zero-order valence-corrected chi connectivity index (χ0v) is 6.91. The fraction of sp³-hybridized carbons (Fsp3) is 1.00. The summed E-state index contributed by atoms with van der Waals surface area (Å²) in [6.07, 6.45) is 0. The van der Waals surface area contributed by atoms with E-state index in [4.69, 9.17) is 17.3 Å². The number of halogens is 1. The summed E-state index contributed by atoms with van der Waals surface area (Å²) in [6, 6.07) is 0. The molecule has 0 fully saturated rings. The molecule has 0 aliphatic carbocycles. The summed E-state index contributed by atoms with van der Waals surface area (Å²) < 4.78 is 20.7. The van der Waals surface area contributed by atoms with E-state index in [1.165, 1.54) is 13.8 Å². The highest BCUT2D eigenvalue weighted by Crippen LogP contribution is 2.08. The van der Waals surface area contributed by atoms with Crippen molar-refractivity contribution in [2.24, 2.45) is 5.73 Å². The molecule has 0 amide bonds. The molecule has 9 heavy (non-hydrogen) atoms. The smallest absolute Gasteiger partial charge is 0.182 e. The van der Waals surface area contributed by atoms with Gasteiger partial charge in [0.15, 0.2) is 9.84 Å². The molecular weight excluding hydrogens is 162 g/mol. The third-order valence-electron chi connectivity index (χ3n) is 0.971. The SMILES string of the molecule is CC(N)S(=O)(=O)C(C)Cl. The molecule has 56 valence electrons. The summed E-state index contributed by atoms with van der Waals surface area (Å²) in [5.74, 6) is 0. The van der Waals surface area contributed by atoms with Gasteiger partial charge in [-0.3, -0.25) is 0 Å². The molecule has 0 radical (unpaired) electrons. The van der Waals surface area contributed by atoms with Gasteiger partial charge in [0.2, 0.25) is 0 Å². The molecule has 0 aromatic carbocycles. The molecule has 0 aromatic heterocycles. The number of sulfone groups is 1. The lowest BCUT2D eigenvalue weighted by molar-refractivity contribution is 0.583. The second-order valence-electron chi connectivity index (χ2n) is 1.84. The number of alkyl halides is 1. The van der Waals surface area contributed by atoms with Crippen molar-refractivity contribution in [3.05, 3.63) is 0 Å². The molecule has 3 nitrogen and oxygen atoms in total. The Labute approximate surface area is 60.1 Å². The van der Waals surface area contributed by atoms with E-state index in [1.54, 1.807) is 0 Å². The molecule has 0 saturated heterocycles. The van der Waals surface area contributed by atoms with Crippen molar-refractivity contribution in [3.8, 4) is 0 Å². The fourth-order valence-corrected chi connectivity index (χ4v) is 1.37. The van der Waals surface area contributed by atoms with E-state index in [-0.39, 0.29) is 0 Å². The third kappa shape index (κ3) is 2.12. The number of rotatable bonds is 2. The van der Waals surface area contributed by atoms with E-state index in [2.05, 4.69) is 0 Å². The average Bonchev–Trinajstić information content (AvgIpc) is 1.65. The van der Waals surface area contributed by atoms with Crippen molar-refractivity contribution in [1.82, 2.24) is 0 Å². The van der Waals surface area contributed by atoms with Gasteiger partial charge in [0, 0.05) is 0 Å². The Balaban J connectivity index is 4.42. The molecule has 2 atom stereocenters. The molecule has 0 spiro atoms. The summed E-state index contributed by atoms with van der Waals surface area (Å²) >= 11 is 5.30. The highest BCUT2D eigenvalue weighted by molar-refractivity contribution is 7.93. The minimum atomic E-state index is -3.27. The Hall–Kier alpha value is 0.200.